The molecule has 3 heterocycles. The Labute approximate surface area is 243 Å². The number of carbonyl (C=O) groups excluding carboxylic acids is 4. The van der Waals surface area contributed by atoms with E-state index in [2.05, 4.69) is 31.2 Å². The number of carbonyl (C=O) groups is 4. The van der Waals surface area contributed by atoms with Gasteiger partial charge < -0.3 is 31.5 Å². The standard InChI is InChI=1S/C30H34N6O6/c1-17-26(38)21(15-20-10-6-12-31-16-20)34-29(41)24(36-30(42)25-23(37)11-7-13-32-25)18(2)33-28(40)22(35-27(17)39)14-19-8-4-3-5-9-19/h3-13,16-18,21-22,24,26,37-38H,14-15H2,1-2H3,(H,33,40)(H,34,41)(H,35,39)(H,36,42). The molecule has 0 saturated carbocycles. The summed E-state index contributed by atoms with van der Waals surface area (Å²) in [6.07, 6.45) is 3.42. The van der Waals surface area contributed by atoms with E-state index in [1.807, 2.05) is 30.3 Å². The molecule has 0 aliphatic carbocycles. The van der Waals surface area contributed by atoms with E-state index in [9.17, 15) is 29.4 Å². The van der Waals surface area contributed by atoms with Gasteiger partial charge in [-0.3, -0.25) is 24.2 Å². The van der Waals surface area contributed by atoms with Gasteiger partial charge in [0.15, 0.2) is 5.69 Å². The van der Waals surface area contributed by atoms with Crippen LogP contribution in [0, 0.1) is 5.92 Å². The molecule has 12 heteroatoms. The molecule has 0 radical (unpaired) electrons. The molecule has 220 valence electrons. The second-order valence-electron chi connectivity index (χ2n) is 10.3. The largest absolute Gasteiger partial charge is 0.505 e. The van der Waals surface area contributed by atoms with Gasteiger partial charge in [0.05, 0.1) is 24.1 Å². The predicted octanol–water partition coefficient (Wildman–Crippen LogP) is 0.251. The van der Waals surface area contributed by atoms with Gasteiger partial charge in [-0.05, 0) is 42.7 Å². The molecule has 4 amide bonds. The summed E-state index contributed by atoms with van der Waals surface area (Å²) in [5, 5.41) is 32.3. The molecule has 6 N–H and O–H groups in total. The van der Waals surface area contributed by atoms with Crippen molar-refractivity contribution < 1.29 is 29.4 Å². The van der Waals surface area contributed by atoms with Gasteiger partial charge in [-0.15, -0.1) is 0 Å². The third-order valence-electron chi connectivity index (χ3n) is 7.20. The molecule has 1 aliphatic heterocycles. The van der Waals surface area contributed by atoms with Gasteiger partial charge >= 0.3 is 0 Å². The summed E-state index contributed by atoms with van der Waals surface area (Å²) in [4.78, 5) is 61.5. The summed E-state index contributed by atoms with van der Waals surface area (Å²) in [6.45, 7) is 3.04. The van der Waals surface area contributed by atoms with E-state index in [0.29, 0.717) is 5.56 Å². The number of aromatic hydroxyl groups is 1. The number of aliphatic hydroxyl groups is 1. The number of pyridine rings is 2. The Kier molecular flexibility index (Phi) is 9.81. The second-order valence-corrected chi connectivity index (χ2v) is 10.3. The number of rotatable bonds is 6. The van der Waals surface area contributed by atoms with Gasteiger partial charge in [0.2, 0.25) is 17.7 Å². The molecule has 1 fully saturated rings. The quantitative estimate of drug-likeness (QED) is 0.242. The van der Waals surface area contributed by atoms with Gasteiger partial charge in [0, 0.05) is 25.0 Å². The molecular weight excluding hydrogens is 540 g/mol. The Morgan fingerprint density at radius 1 is 0.857 bits per heavy atom. The first kappa shape index (κ1) is 30.1. The molecule has 12 nitrogen and oxygen atoms in total. The second kappa shape index (κ2) is 13.7. The fourth-order valence-electron chi connectivity index (χ4n) is 4.78. The average molecular weight is 575 g/mol. The van der Waals surface area contributed by atoms with Crippen molar-refractivity contribution in [3.8, 4) is 5.75 Å². The van der Waals surface area contributed by atoms with Crippen LogP contribution in [-0.4, -0.2) is 74.1 Å². The number of aliphatic hydroxyl groups excluding tert-OH is 1. The Balaban J connectivity index is 1.69. The summed E-state index contributed by atoms with van der Waals surface area (Å²) >= 11 is 0. The van der Waals surface area contributed by atoms with E-state index in [4.69, 9.17) is 0 Å². The maximum absolute atomic E-state index is 13.7. The van der Waals surface area contributed by atoms with Crippen molar-refractivity contribution >= 4 is 23.6 Å². The van der Waals surface area contributed by atoms with E-state index < -0.39 is 59.8 Å². The molecule has 6 unspecified atom stereocenters. The van der Waals surface area contributed by atoms with Crippen molar-refractivity contribution in [3.05, 3.63) is 90.0 Å². The van der Waals surface area contributed by atoms with Gasteiger partial charge in [-0.2, -0.15) is 0 Å². The van der Waals surface area contributed by atoms with Crippen molar-refractivity contribution in [1.29, 1.82) is 0 Å². The molecule has 1 aliphatic rings. The van der Waals surface area contributed by atoms with Gasteiger partial charge in [0.1, 0.15) is 17.8 Å². The van der Waals surface area contributed by atoms with Crippen LogP contribution >= 0.6 is 0 Å². The van der Waals surface area contributed by atoms with Crippen molar-refractivity contribution in [2.24, 2.45) is 5.92 Å². The zero-order chi connectivity index (χ0) is 30.2. The molecule has 0 spiro atoms. The molecule has 42 heavy (non-hydrogen) atoms. The summed E-state index contributed by atoms with van der Waals surface area (Å²) in [5.74, 6) is -4.10. The number of nitrogens with zero attached hydrogens (tertiary/aromatic N) is 2. The minimum atomic E-state index is -1.36. The van der Waals surface area contributed by atoms with Crippen LogP contribution in [0.2, 0.25) is 0 Å². The van der Waals surface area contributed by atoms with Gasteiger partial charge in [-0.25, -0.2) is 4.98 Å². The molecule has 3 aromatic rings. The summed E-state index contributed by atoms with van der Waals surface area (Å²) in [7, 11) is 0. The number of amides is 4. The lowest BCUT2D eigenvalue weighted by molar-refractivity contribution is -0.136. The van der Waals surface area contributed by atoms with E-state index in [1.165, 1.54) is 32.2 Å². The molecule has 4 rings (SSSR count). The lowest BCUT2D eigenvalue weighted by Gasteiger charge is -2.34. The highest BCUT2D eigenvalue weighted by atomic mass is 16.3. The highest BCUT2D eigenvalue weighted by Crippen LogP contribution is 2.17. The molecule has 1 aromatic carbocycles. The van der Waals surface area contributed by atoms with Gasteiger partial charge in [-0.1, -0.05) is 43.3 Å². The van der Waals surface area contributed by atoms with Crippen LogP contribution in [0.3, 0.4) is 0 Å². The average Bonchev–Trinajstić information content (AvgIpc) is 2.99. The molecule has 1 saturated heterocycles. The zero-order valence-corrected chi connectivity index (χ0v) is 23.2. The van der Waals surface area contributed by atoms with E-state index in [1.54, 1.807) is 24.5 Å². The zero-order valence-electron chi connectivity index (χ0n) is 23.2. The van der Waals surface area contributed by atoms with E-state index in [0.717, 1.165) is 5.56 Å². The molecule has 6 atom stereocenters. The van der Waals surface area contributed by atoms with Crippen LogP contribution in [0.4, 0.5) is 0 Å². The van der Waals surface area contributed by atoms with Crippen LogP contribution in [0.15, 0.2) is 73.2 Å². The first-order valence-electron chi connectivity index (χ1n) is 13.6. The highest BCUT2D eigenvalue weighted by molar-refractivity contribution is 5.98. The third kappa shape index (κ3) is 7.46. The van der Waals surface area contributed by atoms with Crippen LogP contribution in [0.1, 0.15) is 35.5 Å². The Hall–Kier alpha value is -4.84. The maximum atomic E-state index is 13.7. The topological polar surface area (TPSA) is 183 Å². The lowest BCUT2D eigenvalue weighted by atomic mass is 9.91. The molecule has 2 aromatic heterocycles. The summed E-state index contributed by atoms with van der Waals surface area (Å²) < 4.78 is 0. The first-order valence-corrected chi connectivity index (χ1v) is 13.6. The minimum Gasteiger partial charge on any atom is -0.505 e. The highest BCUT2D eigenvalue weighted by Gasteiger charge is 2.38. The van der Waals surface area contributed by atoms with Crippen molar-refractivity contribution in [2.75, 3.05) is 0 Å². The minimum absolute atomic E-state index is 0.133. The predicted molar refractivity (Wildman–Crippen MR) is 152 cm³/mol. The first-order chi connectivity index (χ1) is 20.1. The maximum Gasteiger partial charge on any atom is 0.274 e. The molecular formula is C30H34N6O6. The number of hydrogen-bond acceptors (Lipinski definition) is 8. The normalized spacial score (nSPS) is 25.2. The number of benzene rings is 1. The number of hydrogen-bond donors (Lipinski definition) is 6. The van der Waals surface area contributed by atoms with Crippen LogP contribution in [0.5, 0.6) is 5.75 Å². The Morgan fingerprint density at radius 2 is 1.57 bits per heavy atom. The van der Waals surface area contributed by atoms with E-state index >= 15 is 0 Å². The van der Waals surface area contributed by atoms with Crippen LogP contribution < -0.4 is 21.3 Å². The summed E-state index contributed by atoms with van der Waals surface area (Å²) in [6, 6.07) is 11.0. The van der Waals surface area contributed by atoms with Crippen molar-refractivity contribution in [2.45, 2.75) is 57.0 Å². The van der Waals surface area contributed by atoms with E-state index in [-0.39, 0.29) is 24.3 Å². The van der Waals surface area contributed by atoms with Crippen molar-refractivity contribution in [1.82, 2.24) is 31.2 Å². The molecule has 0 bridgehead atoms. The third-order valence-corrected chi connectivity index (χ3v) is 7.20. The monoisotopic (exact) mass is 574 g/mol. The van der Waals surface area contributed by atoms with Gasteiger partial charge in [0.25, 0.3) is 5.91 Å². The smallest absolute Gasteiger partial charge is 0.274 e. The fraction of sp³-hybridized carbons (Fsp3) is 0.333. The van der Waals surface area contributed by atoms with Crippen LogP contribution in [0.25, 0.3) is 0 Å². The Bertz CT molecular complexity index is 1410. The summed E-state index contributed by atoms with van der Waals surface area (Å²) in [5.41, 5.74) is 1.18. The van der Waals surface area contributed by atoms with Crippen LogP contribution in [-0.2, 0) is 27.2 Å². The fourth-order valence-corrected chi connectivity index (χ4v) is 4.78. The van der Waals surface area contributed by atoms with Crippen molar-refractivity contribution in [3.63, 3.8) is 0 Å². The number of nitrogens with one attached hydrogen (secondary N) is 4. The lowest BCUT2D eigenvalue weighted by Crippen LogP contribution is -2.64. The SMILES string of the molecule is CC1NC(=O)C(Cc2ccccc2)NC(=O)C(C)C(O)C(Cc2cccnc2)NC(=O)C1NC(=O)c1ncccc1O. The Morgan fingerprint density at radius 3 is 2.26 bits per heavy atom. The number of aromatic nitrogens is 2.